The molecule has 0 spiro atoms. The van der Waals surface area contributed by atoms with Crippen LogP contribution in [0.3, 0.4) is 0 Å². The smallest absolute Gasteiger partial charge is 0.325 e. The van der Waals surface area contributed by atoms with Crippen molar-refractivity contribution in [3.8, 4) is 5.75 Å². The fraction of sp³-hybridized carbons (Fsp3) is 0.235. The van der Waals surface area contributed by atoms with Crippen LogP contribution >= 0.6 is 38.9 Å². The molecule has 0 radical (unpaired) electrons. The number of thiophene rings is 1. The molecular formula is C17H15BrClN3O4S. The number of amides is 4. The van der Waals surface area contributed by atoms with Gasteiger partial charge in [-0.1, -0.05) is 11.6 Å². The minimum absolute atomic E-state index is 0.354. The molecule has 1 saturated heterocycles. The molecule has 2 N–H and O–H groups in total. The Bertz CT molecular complexity index is 935. The summed E-state index contributed by atoms with van der Waals surface area (Å²) >= 11 is 10.6. The number of carbonyl (C=O) groups is 3. The normalized spacial score (nSPS) is 19.2. The quantitative estimate of drug-likeness (QED) is 0.651. The summed E-state index contributed by atoms with van der Waals surface area (Å²) in [7, 11) is 1.46. The molecule has 1 aromatic heterocycles. The molecule has 2 aromatic rings. The molecule has 7 nitrogen and oxygen atoms in total. The summed E-state index contributed by atoms with van der Waals surface area (Å²) in [6.45, 7) is 1.19. The first-order chi connectivity index (χ1) is 12.7. The number of imide groups is 1. The SMILES string of the molecule is COc1ccc(Cl)cc1NC(=O)CN1C(=O)NC(C)(c2ccc(Br)s2)C1=O. The molecule has 1 aromatic carbocycles. The highest BCUT2D eigenvalue weighted by Gasteiger charge is 2.50. The second kappa shape index (κ2) is 7.49. The van der Waals surface area contributed by atoms with E-state index in [2.05, 4.69) is 26.6 Å². The van der Waals surface area contributed by atoms with Crippen LogP contribution in [0.1, 0.15) is 11.8 Å². The fourth-order valence-corrected chi connectivity index (χ4v) is 4.35. The number of hydrogen-bond acceptors (Lipinski definition) is 5. The van der Waals surface area contributed by atoms with Gasteiger partial charge in [0.05, 0.1) is 16.6 Å². The van der Waals surface area contributed by atoms with E-state index < -0.39 is 29.9 Å². The van der Waals surface area contributed by atoms with Gasteiger partial charge < -0.3 is 15.4 Å². The van der Waals surface area contributed by atoms with E-state index in [0.29, 0.717) is 21.3 Å². The Kier molecular flexibility index (Phi) is 5.45. The Balaban J connectivity index is 1.76. The van der Waals surface area contributed by atoms with E-state index in [9.17, 15) is 14.4 Å². The number of anilines is 1. The molecule has 0 saturated carbocycles. The molecule has 1 fully saturated rings. The topological polar surface area (TPSA) is 87.7 Å². The summed E-state index contributed by atoms with van der Waals surface area (Å²) in [5.74, 6) is -0.621. The van der Waals surface area contributed by atoms with Crippen molar-refractivity contribution in [3.05, 3.63) is 44.0 Å². The zero-order valence-corrected chi connectivity index (χ0v) is 17.5. The number of rotatable bonds is 5. The lowest BCUT2D eigenvalue weighted by molar-refractivity contribution is -0.133. The second-order valence-corrected chi connectivity index (χ2v) is 8.84. The summed E-state index contributed by atoms with van der Waals surface area (Å²) < 4.78 is 6.01. The molecule has 0 aliphatic carbocycles. The highest BCUT2D eigenvalue weighted by molar-refractivity contribution is 9.11. The minimum Gasteiger partial charge on any atom is -0.495 e. The molecule has 0 bridgehead atoms. The molecule has 27 heavy (non-hydrogen) atoms. The maximum atomic E-state index is 12.8. The Morgan fingerprint density at radius 2 is 2.11 bits per heavy atom. The van der Waals surface area contributed by atoms with E-state index in [1.165, 1.54) is 24.5 Å². The van der Waals surface area contributed by atoms with Gasteiger partial charge in [0.1, 0.15) is 12.3 Å². The van der Waals surface area contributed by atoms with Crippen LogP contribution < -0.4 is 15.4 Å². The van der Waals surface area contributed by atoms with Crippen LogP contribution in [-0.2, 0) is 15.1 Å². The van der Waals surface area contributed by atoms with Crippen LogP contribution in [0.15, 0.2) is 34.1 Å². The lowest BCUT2D eigenvalue weighted by Gasteiger charge is -2.20. The molecule has 1 aliphatic heterocycles. The summed E-state index contributed by atoms with van der Waals surface area (Å²) in [4.78, 5) is 39.1. The van der Waals surface area contributed by atoms with Crippen LogP contribution in [0, 0.1) is 0 Å². The van der Waals surface area contributed by atoms with Crippen LogP contribution in [-0.4, -0.2) is 36.4 Å². The standard InChI is InChI=1S/C17H15BrClN3O4S/c1-17(12-5-6-13(18)27-12)15(24)22(16(25)21-17)8-14(23)20-10-7-9(19)3-4-11(10)26-2/h3-7H,8H2,1-2H3,(H,20,23)(H,21,25). The summed E-state index contributed by atoms with van der Waals surface area (Å²) in [6.07, 6.45) is 0. The predicted octanol–water partition coefficient (Wildman–Crippen LogP) is 3.58. The first kappa shape index (κ1) is 19.7. The van der Waals surface area contributed by atoms with E-state index in [4.69, 9.17) is 16.3 Å². The van der Waals surface area contributed by atoms with Crippen LogP contribution in [0.25, 0.3) is 0 Å². The summed E-state index contributed by atoms with van der Waals surface area (Å²) in [5, 5.41) is 5.69. The highest BCUT2D eigenvalue weighted by atomic mass is 79.9. The van der Waals surface area contributed by atoms with Gasteiger partial charge in [0, 0.05) is 9.90 Å². The maximum absolute atomic E-state index is 12.8. The van der Waals surface area contributed by atoms with Crippen LogP contribution in [0.2, 0.25) is 5.02 Å². The largest absolute Gasteiger partial charge is 0.495 e. The van der Waals surface area contributed by atoms with Gasteiger partial charge in [-0.3, -0.25) is 14.5 Å². The average Bonchev–Trinajstić information content (AvgIpc) is 3.13. The third kappa shape index (κ3) is 3.80. The average molecular weight is 473 g/mol. The fourth-order valence-electron chi connectivity index (χ4n) is 2.70. The third-order valence-corrected chi connectivity index (χ3v) is 6.16. The van der Waals surface area contributed by atoms with Crippen molar-refractivity contribution >= 4 is 62.4 Å². The van der Waals surface area contributed by atoms with Gasteiger partial charge in [-0.15, -0.1) is 11.3 Å². The number of benzene rings is 1. The van der Waals surface area contributed by atoms with Crippen LogP contribution in [0.5, 0.6) is 5.75 Å². The molecule has 10 heteroatoms. The predicted molar refractivity (Wildman–Crippen MR) is 106 cm³/mol. The molecule has 1 atom stereocenters. The number of ether oxygens (including phenoxy) is 1. The molecular weight excluding hydrogens is 458 g/mol. The second-order valence-electron chi connectivity index (χ2n) is 5.94. The number of urea groups is 1. The molecule has 142 valence electrons. The number of halogens is 2. The third-order valence-electron chi connectivity index (χ3n) is 4.08. The number of nitrogens with zero attached hydrogens (tertiary/aromatic N) is 1. The molecule has 3 rings (SSSR count). The number of nitrogens with one attached hydrogen (secondary N) is 2. The van der Waals surface area contributed by atoms with Crippen molar-refractivity contribution in [2.45, 2.75) is 12.5 Å². The Labute approximate surface area is 172 Å². The lowest BCUT2D eigenvalue weighted by atomic mass is 10.0. The first-order valence-corrected chi connectivity index (χ1v) is 9.76. The monoisotopic (exact) mass is 471 g/mol. The van der Waals surface area contributed by atoms with E-state index >= 15 is 0 Å². The Morgan fingerprint density at radius 1 is 1.37 bits per heavy atom. The van der Waals surface area contributed by atoms with Gasteiger partial charge in [-0.2, -0.15) is 0 Å². The maximum Gasteiger partial charge on any atom is 0.325 e. The van der Waals surface area contributed by atoms with Gasteiger partial charge >= 0.3 is 6.03 Å². The molecule has 2 heterocycles. The van der Waals surface area contributed by atoms with Gasteiger partial charge in [-0.25, -0.2) is 4.79 Å². The van der Waals surface area contributed by atoms with Crippen molar-refractivity contribution in [2.24, 2.45) is 0 Å². The van der Waals surface area contributed by atoms with E-state index in [1.807, 2.05) is 0 Å². The van der Waals surface area contributed by atoms with Crippen molar-refractivity contribution in [3.63, 3.8) is 0 Å². The van der Waals surface area contributed by atoms with E-state index in [-0.39, 0.29) is 0 Å². The zero-order valence-electron chi connectivity index (χ0n) is 14.3. The number of methoxy groups -OCH3 is 1. The van der Waals surface area contributed by atoms with Gasteiger partial charge in [0.25, 0.3) is 5.91 Å². The van der Waals surface area contributed by atoms with Gasteiger partial charge in [0.15, 0.2) is 5.54 Å². The highest BCUT2D eigenvalue weighted by Crippen LogP contribution is 2.35. The van der Waals surface area contributed by atoms with Crippen LogP contribution in [0.4, 0.5) is 10.5 Å². The summed E-state index contributed by atoms with van der Waals surface area (Å²) in [6, 6.07) is 7.69. The zero-order chi connectivity index (χ0) is 19.8. The number of hydrogen-bond donors (Lipinski definition) is 2. The molecule has 1 unspecified atom stereocenters. The Hall–Kier alpha value is -2.10. The van der Waals surface area contributed by atoms with Crippen molar-refractivity contribution in [1.82, 2.24) is 10.2 Å². The minimum atomic E-state index is -1.21. The van der Waals surface area contributed by atoms with E-state index in [1.54, 1.807) is 31.2 Å². The van der Waals surface area contributed by atoms with Crippen molar-refractivity contribution in [2.75, 3.05) is 19.0 Å². The Morgan fingerprint density at radius 3 is 2.74 bits per heavy atom. The lowest BCUT2D eigenvalue weighted by Crippen LogP contribution is -2.41. The van der Waals surface area contributed by atoms with Crippen molar-refractivity contribution < 1.29 is 19.1 Å². The number of carbonyl (C=O) groups excluding carboxylic acids is 3. The molecule has 4 amide bonds. The van der Waals surface area contributed by atoms with Gasteiger partial charge in [0.2, 0.25) is 5.91 Å². The summed E-state index contributed by atoms with van der Waals surface area (Å²) in [5.41, 5.74) is -0.853. The van der Waals surface area contributed by atoms with Gasteiger partial charge in [-0.05, 0) is 53.2 Å². The van der Waals surface area contributed by atoms with E-state index in [0.717, 1.165) is 8.69 Å². The van der Waals surface area contributed by atoms with Crippen molar-refractivity contribution in [1.29, 1.82) is 0 Å². The first-order valence-electron chi connectivity index (χ1n) is 7.78. The molecule has 1 aliphatic rings.